The number of nitrogens with zero attached hydrogens (tertiary/aromatic N) is 1. The van der Waals surface area contributed by atoms with Gasteiger partial charge in [0.1, 0.15) is 11.9 Å². The van der Waals surface area contributed by atoms with Crippen LogP contribution >= 0.6 is 0 Å². The molecule has 5 heteroatoms. The van der Waals surface area contributed by atoms with Crippen LogP contribution in [0.4, 0.5) is 4.39 Å². The van der Waals surface area contributed by atoms with Gasteiger partial charge in [-0.2, -0.15) is 0 Å². The number of fused-ring (bicyclic) bond motifs is 1. The average Bonchev–Trinajstić information content (AvgIpc) is 2.81. The van der Waals surface area contributed by atoms with Crippen molar-refractivity contribution in [2.24, 2.45) is 0 Å². The molecule has 2 aliphatic rings. The zero-order valence-corrected chi connectivity index (χ0v) is 9.73. The largest absolute Gasteiger partial charge is 0.293 e. The van der Waals surface area contributed by atoms with E-state index in [1.54, 1.807) is 23.1 Å². The lowest BCUT2D eigenvalue weighted by molar-refractivity contribution is -0.143. The molecule has 4 nitrogen and oxygen atoms in total. The second-order valence-corrected chi connectivity index (χ2v) is 4.67. The second-order valence-electron chi connectivity index (χ2n) is 4.67. The number of carbonyl (C=O) groups is 2. The standard InChI is InChI=1S/C13H13FN2O2/c14-9-5-2-1-4-8(9)11-13(18)15-12(17)10-6-3-7-16(10)11/h1-2,4-5,10-11H,3,6-7H2,(H,15,17,18)/t10-,11-/m0/s1. The molecular weight excluding hydrogens is 235 g/mol. The molecule has 2 fully saturated rings. The fraction of sp³-hybridized carbons (Fsp3) is 0.385. The third-order valence-corrected chi connectivity index (χ3v) is 3.62. The van der Waals surface area contributed by atoms with Gasteiger partial charge in [0.2, 0.25) is 11.8 Å². The molecule has 94 valence electrons. The average molecular weight is 248 g/mol. The summed E-state index contributed by atoms with van der Waals surface area (Å²) in [6.07, 6.45) is 1.58. The molecule has 1 aromatic carbocycles. The fourth-order valence-electron chi connectivity index (χ4n) is 2.82. The van der Waals surface area contributed by atoms with Crippen LogP contribution in [0, 0.1) is 5.82 Å². The highest BCUT2D eigenvalue weighted by Crippen LogP contribution is 2.33. The van der Waals surface area contributed by atoms with Gasteiger partial charge in [-0.3, -0.25) is 19.8 Å². The number of nitrogens with one attached hydrogen (secondary N) is 1. The minimum atomic E-state index is -0.684. The molecule has 0 saturated carbocycles. The number of benzene rings is 1. The number of rotatable bonds is 1. The number of amides is 2. The maximum atomic E-state index is 13.8. The predicted octanol–water partition coefficient (Wildman–Crippen LogP) is 0.988. The molecule has 1 N–H and O–H groups in total. The highest BCUT2D eigenvalue weighted by molar-refractivity contribution is 6.03. The third-order valence-electron chi connectivity index (χ3n) is 3.62. The van der Waals surface area contributed by atoms with Crippen LogP contribution in [0.15, 0.2) is 24.3 Å². The SMILES string of the molecule is O=C1NC(=O)[C@@H]2CCCN2[C@H]1c1ccccc1F. The summed E-state index contributed by atoms with van der Waals surface area (Å²) in [5, 5.41) is 2.34. The second kappa shape index (κ2) is 4.17. The quantitative estimate of drug-likeness (QED) is 0.754. The Kier molecular flexibility index (Phi) is 2.63. The van der Waals surface area contributed by atoms with Crippen LogP contribution in [0.2, 0.25) is 0 Å². The monoisotopic (exact) mass is 248 g/mol. The topological polar surface area (TPSA) is 49.4 Å². The van der Waals surface area contributed by atoms with E-state index in [1.807, 2.05) is 0 Å². The summed E-state index contributed by atoms with van der Waals surface area (Å²) in [7, 11) is 0. The molecule has 2 amide bonds. The number of halogens is 1. The number of hydrogen-bond acceptors (Lipinski definition) is 3. The number of carbonyl (C=O) groups excluding carboxylic acids is 2. The Balaban J connectivity index is 2.02. The van der Waals surface area contributed by atoms with Crippen LogP contribution in [-0.4, -0.2) is 29.3 Å². The van der Waals surface area contributed by atoms with E-state index < -0.39 is 17.8 Å². The van der Waals surface area contributed by atoms with Crippen LogP contribution < -0.4 is 5.32 Å². The maximum absolute atomic E-state index is 13.8. The van der Waals surface area contributed by atoms with Gasteiger partial charge in [-0.25, -0.2) is 4.39 Å². The van der Waals surface area contributed by atoms with Crippen LogP contribution in [0.1, 0.15) is 24.4 Å². The minimum Gasteiger partial charge on any atom is -0.293 e. The molecule has 0 unspecified atom stereocenters. The van der Waals surface area contributed by atoms with Gasteiger partial charge in [0.15, 0.2) is 0 Å². The Labute approximate surface area is 104 Å². The van der Waals surface area contributed by atoms with E-state index in [0.29, 0.717) is 12.1 Å². The first-order chi connectivity index (χ1) is 8.68. The molecule has 0 radical (unpaired) electrons. The molecule has 2 atom stereocenters. The van der Waals surface area contributed by atoms with Gasteiger partial charge in [-0.05, 0) is 18.9 Å². The van der Waals surface area contributed by atoms with Crippen molar-refractivity contribution in [3.05, 3.63) is 35.6 Å². The van der Waals surface area contributed by atoms with Crippen LogP contribution in [-0.2, 0) is 9.59 Å². The first-order valence-corrected chi connectivity index (χ1v) is 6.03. The molecule has 0 aliphatic carbocycles. The van der Waals surface area contributed by atoms with E-state index in [9.17, 15) is 14.0 Å². The van der Waals surface area contributed by atoms with Crippen molar-refractivity contribution in [2.45, 2.75) is 24.9 Å². The fourth-order valence-corrected chi connectivity index (χ4v) is 2.82. The van der Waals surface area contributed by atoms with Crippen LogP contribution in [0.5, 0.6) is 0 Å². The zero-order valence-electron chi connectivity index (χ0n) is 9.73. The molecule has 1 aromatic rings. The molecule has 0 bridgehead atoms. The lowest BCUT2D eigenvalue weighted by Gasteiger charge is -2.35. The first-order valence-electron chi connectivity index (χ1n) is 6.03. The van der Waals surface area contributed by atoms with E-state index in [4.69, 9.17) is 0 Å². The molecule has 2 saturated heterocycles. The predicted molar refractivity (Wildman–Crippen MR) is 62.0 cm³/mol. The van der Waals surface area contributed by atoms with E-state index in [2.05, 4.69) is 5.32 Å². The van der Waals surface area contributed by atoms with Gasteiger partial charge in [0.25, 0.3) is 0 Å². The molecule has 3 rings (SSSR count). The maximum Gasteiger partial charge on any atom is 0.248 e. The molecular formula is C13H13FN2O2. The van der Waals surface area contributed by atoms with E-state index in [1.165, 1.54) is 6.07 Å². The minimum absolute atomic E-state index is 0.259. The van der Waals surface area contributed by atoms with Crippen LogP contribution in [0.3, 0.4) is 0 Å². The summed E-state index contributed by atoms with van der Waals surface area (Å²) in [4.78, 5) is 25.4. The van der Waals surface area contributed by atoms with E-state index in [-0.39, 0.29) is 11.9 Å². The smallest absolute Gasteiger partial charge is 0.248 e. The Morgan fingerprint density at radius 1 is 1.22 bits per heavy atom. The zero-order chi connectivity index (χ0) is 12.7. The summed E-state index contributed by atoms with van der Waals surface area (Å²) in [5.74, 6) is -1.09. The van der Waals surface area contributed by atoms with Crippen molar-refractivity contribution in [2.75, 3.05) is 6.54 Å². The van der Waals surface area contributed by atoms with Gasteiger partial charge in [-0.15, -0.1) is 0 Å². The van der Waals surface area contributed by atoms with Crippen molar-refractivity contribution in [1.82, 2.24) is 10.2 Å². The van der Waals surface area contributed by atoms with Gasteiger partial charge >= 0.3 is 0 Å². The third kappa shape index (κ3) is 1.62. The molecule has 2 heterocycles. The van der Waals surface area contributed by atoms with Crippen molar-refractivity contribution in [3.8, 4) is 0 Å². The van der Waals surface area contributed by atoms with E-state index in [0.717, 1.165) is 12.8 Å². The summed E-state index contributed by atoms with van der Waals surface area (Å²) in [6.45, 7) is 0.656. The van der Waals surface area contributed by atoms with Gasteiger partial charge in [-0.1, -0.05) is 18.2 Å². The summed E-state index contributed by atoms with van der Waals surface area (Å²) in [6, 6.07) is 5.25. The van der Waals surface area contributed by atoms with Gasteiger partial charge in [0.05, 0.1) is 6.04 Å². The Morgan fingerprint density at radius 3 is 2.78 bits per heavy atom. The Hall–Kier alpha value is -1.75. The molecule has 2 aliphatic heterocycles. The van der Waals surface area contributed by atoms with Crippen molar-refractivity contribution in [3.63, 3.8) is 0 Å². The number of imide groups is 1. The van der Waals surface area contributed by atoms with Crippen LogP contribution in [0.25, 0.3) is 0 Å². The first kappa shape index (κ1) is 11.3. The number of piperazine rings is 1. The van der Waals surface area contributed by atoms with Gasteiger partial charge < -0.3 is 0 Å². The highest BCUT2D eigenvalue weighted by atomic mass is 19.1. The molecule has 0 spiro atoms. The van der Waals surface area contributed by atoms with Gasteiger partial charge in [0, 0.05) is 12.1 Å². The van der Waals surface area contributed by atoms with Crippen molar-refractivity contribution >= 4 is 11.8 Å². The van der Waals surface area contributed by atoms with Crippen molar-refractivity contribution < 1.29 is 14.0 Å². The summed E-state index contributed by atoms with van der Waals surface area (Å²) in [5.41, 5.74) is 0.342. The van der Waals surface area contributed by atoms with E-state index >= 15 is 0 Å². The Bertz CT molecular complexity index is 517. The lowest BCUT2D eigenvalue weighted by Crippen LogP contribution is -2.57. The Morgan fingerprint density at radius 2 is 2.00 bits per heavy atom. The van der Waals surface area contributed by atoms with Crippen molar-refractivity contribution in [1.29, 1.82) is 0 Å². The highest BCUT2D eigenvalue weighted by Gasteiger charge is 2.45. The summed E-state index contributed by atoms with van der Waals surface area (Å²) >= 11 is 0. The lowest BCUT2D eigenvalue weighted by atomic mass is 9.99. The normalized spacial score (nSPS) is 28.1. The number of hydrogen-bond donors (Lipinski definition) is 1. The summed E-state index contributed by atoms with van der Waals surface area (Å²) < 4.78 is 13.8. The molecule has 0 aromatic heterocycles. The molecule has 18 heavy (non-hydrogen) atoms.